The quantitative estimate of drug-likeness (QED) is 0.592. The highest BCUT2D eigenvalue weighted by Gasteiger charge is 2.13. The Bertz CT molecular complexity index is 99.9. The van der Waals surface area contributed by atoms with Crippen molar-refractivity contribution in [1.29, 1.82) is 0 Å². The van der Waals surface area contributed by atoms with E-state index in [0.29, 0.717) is 6.79 Å². The van der Waals surface area contributed by atoms with Crippen LogP contribution in [-0.2, 0) is 14.2 Å². The summed E-state index contributed by atoms with van der Waals surface area (Å²) < 4.78 is 15.8. The molecule has 0 amide bonds. The molecular formula is C9H18O3. The van der Waals surface area contributed by atoms with Gasteiger partial charge in [-0.1, -0.05) is 13.3 Å². The van der Waals surface area contributed by atoms with Crippen molar-refractivity contribution < 1.29 is 14.2 Å². The summed E-state index contributed by atoms with van der Waals surface area (Å²) in [5.74, 6) is 0. The second-order valence-corrected chi connectivity index (χ2v) is 3.03. The summed E-state index contributed by atoms with van der Waals surface area (Å²) in [6.07, 6.45) is 3.56. The molecule has 0 aliphatic carbocycles. The minimum Gasteiger partial charge on any atom is -0.379 e. The van der Waals surface area contributed by atoms with Crippen LogP contribution < -0.4 is 0 Å². The number of ether oxygens (including phenoxy) is 3. The normalized spacial score (nSPS) is 24.2. The van der Waals surface area contributed by atoms with E-state index in [1.165, 1.54) is 6.42 Å². The van der Waals surface area contributed by atoms with E-state index in [-0.39, 0.29) is 6.10 Å². The molecule has 1 saturated heterocycles. The van der Waals surface area contributed by atoms with Crippen molar-refractivity contribution in [1.82, 2.24) is 0 Å². The van der Waals surface area contributed by atoms with Crippen molar-refractivity contribution in [3.05, 3.63) is 0 Å². The van der Waals surface area contributed by atoms with Gasteiger partial charge in [-0.3, -0.25) is 0 Å². The average molecular weight is 174 g/mol. The SMILES string of the molecule is CCCCOCC1CCOCO1. The van der Waals surface area contributed by atoms with Crippen LogP contribution in [0.25, 0.3) is 0 Å². The van der Waals surface area contributed by atoms with Gasteiger partial charge in [0.2, 0.25) is 0 Å². The third-order valence-electron chi connectivity index (χ3n) is 1.92. The monoisotopic (exact) mass is 174 g/mol. The van der Waals surface area contributed by atoms with Gasteiger partial charge in [0.1, 0.15) is 6.79 Å². The van der Waals surface area contributed by atoms with Crippen LogP contribution in [0.2, 0.25) is 0 Å². The van der Waals surface area contributed by atoms with Crippen LogP contribution in [0.4, 0.5) is 0 Å². The summed E-state index contributed by atoms with van der Waals surface area (Å²) >= 11 is 0. The second kappa shape index (κ2) is 6.40. The van der Waals surface area contributed by atoms with Crippen molar-refractivity contribution in [3.63, 3.8) is 0 Å². The maximum atomic E-state index is 5.43. The highest BCUT2D eigenvalue weighted by molar-refractivity contribution is 4.58. The van der Waals surface area contributed by atoms with Crippen LogP contribution >= 0.6 is 0 Å². The van der Waals surface area contributed by atoms with Crippen LogP contribution in [-0.4, -0.2) is 32.7 Å². The van der Waals surface area contributed by atoms with Crippen molar-refractivity contribution in [2.75, 3.05) is 26.6 Å². The first kappa shape index (κ1) is 9.96. The maximum absolute atomic E-state index is 5.43. The molecule has 3 heteroatoms. The van der Waals surface area contributed by atoms with E-state index in [4.69, 9.17) is 14.2 Å². The molecule has 0 aromatic heterocycles. The van der Waals surface area contributed by atoms with E-state index in [1.807, 2.05) is 0 Å². The van der Waals surface area contributed by atoms with Gasteiger partial charge in [0.25, 0.3) is 0 Å². The molecule has 0 saturated carbocycles. The highest BCUT2D eigenvalue weighted by Crippen LogP contribution is 2.06. The van der Waals surface area contributed by atoms with Gasteiger partial charge in [-0.25, -0.2) is 0 Å². The van der Waals surface area contributed by atoms with E-state index in [9.17, 15) is 0 Å². The summed E-state index contributed by atoms with van der Waals surface area (Å²) in [4.78, 5) is 0. The van der Waals surface area contributed by atoms with Crippen LogP contribution in [0.1, 0.15) is 26.2 Å². The van der Waals surface area contributed by atoms with Crippen LogP contribution in [0.15, 0.2) is 0 Å². The number of hydrogen-bond acceptors (Lipinski definition) is 3. The van der Waals surface area contributed by atoms with Gasteiger partial charge >= 0.3 is 0 Å². The Labute approximate surface area is 74.0 Å². The van der Waals surface area contributed by atoms with E-state index < -0.39 is 0 Å². The highest BCUT2D eigenvalue weighted by atomic mass is 16.7. The lowest BCUT2D eigenvalue weighted by molar-refractivity contribution is -0.156. The topological polar surface area (TPSA) is 27.7 Å². The van der Waals surface area contributed by atoms with E-state index in [1.54, 1.807) is 0 Å². The Morgan fingerprint density at radius 2 is 2.42 bits per heavy atom. The van der Waals surface area contributed by atoms with Gasteiger partial charge in [0.15, 0.2) is 0 Å². The lowest BCUT2D eigenvalue weighted by Gasteiger charge is -2.22. The zero-order chi connectivity index (χ0) is 8.65. The zero-order valence-electron chi connectivity index (χ0n) is 7.75. The standard InChI is InChI=1S/C9H18O3/c1-2-3-5-10-7-9-4-6-11-8-12-9/h9H,2-8H2,1H3. The van der Waals surface area contributed by atoms with Gasteiger partial charge < -0.3 is 14.2 Å². The predicted molar refractivity (Wildman–Crippen MR) is 46.0 cm³/mol. The van der Waals surface area contributed by atoms with Crippen molar-refractivity contribution in [3.8, 4) is 0 Å². The lowest BCUT2D eigenvalue weighted by Crippen LogP contribution is -2.28. The van der Waals surface area contributed by atoms with Crippen molar-refractivity contribution >= 4 is 0 Å². The molecule has 0 aromatic carbocycles. The molecule has 1 aliphatic rings. The Morgan fingerprint density at radius 3 is 3.08 bits per heavy atom. The van der Waals surface area contributed by atoms with Gasteiger partial charge in [-0.05, 0) is 12.8 Å². The minimum absolute atomic E-state index is 0.260. The van der Waals surface area contributed by atoms with Gasteiger partial charge in [-0.15, -0.1) is 0 Å². The molecule has 12 heavy (non-hydrogen) atoms. The van der Waals surface area contributed by atoms with Crippen LogP contribution in [0.5, 0.6) is 0 Å². The molecule has 0 N–H and O–H groups in total. The summed E-state index contributed by atoms with van der Waals surface area (Å²) in [5.41, 5.74) is 0. The van der Waals surface area contributed by atoms with E-state index >= 15 is 0 Å². The predicted octanol–water partition coefficient (Wildman–Crippen LogP) is 1.57. The fourth-order valence-corrected chi connectivity index (χ4v) is 1.09. The van der Waals surface area contributed by atoms with Crippen LogP contribution in [0.3, 0.4) is 0 Å². The van der Waals surface area contributed by atoms with E-state index in [2.05, 4.69) is 6.92 Å². The fourth-order valence-electron chi connectivity index (χ4n) is 1.09. The Balaban J connectivity index is 1.91. The number of unbranched alkanes of at least 4 members (excludes halogenated alkanes) is 1. The maximum Gasteiger partial charge on any atom is 0.147 e. The van der Waals surface area contributed by atoms with Crippen molar-refractivity contribution in [2.24, 2.45) is 0 Å². The van der Waals surface area contributed by atoms with Gasteiger partial charge in [0, 0.05) is 6.61 Å². The largest absolute Gasteiger partial charge is 0.379 e. The second-order valence-electron chi connectivity index (χ2n) is 3.03. The third-order valence-corrected chi connectivity index (χ3v) is 1.92. The molecule has 1 fully saturated rings. The molecule has 1 rings (SSSR count). The summed E-state index contributed by atoms with van der Waals surface area (Å²) in [5, 5.41) is 0. The molecule has 0 aromatic rings. The molecule has 1 atom stereocenters. The molecule has 1 unspecified atom stereocenters. The zero-order valence-corrected chi connectivity index (χ0v) is 7.75. The summed E-state index contributed by atoms with van der Waals surface area (Å²) in [7, 11) is 0. The Morgan fingerprint density at radius 1 is 1.50 bits per heavy atom. The first-order chi connectivity index (χ1) is 5.93. The van der Waals surface area contributed by atoms with Gasteiger partial charge in [-0.2, -0.15) is 0 Å². The first-order valence-electron chi connectivity index (χ1n) is 4.70. The lowest BCUT2D eigenvalue weighted by atomic mass is 10.2. The first-order valence-corrected chi connectivity index (χ1v) is 4.70. The summed E-state index contributed by atoms with van der Waals surface area (Å²) in [6, 6.07) is 0. The summed E-state index contributed by atoms with van der Waals surface area (Å²) in [6.45, 7) is 4.98. The molecular weight excluding hydrogens is 156 g/mol. The Hall–Kier alpha value is -0.120. The molecule has 72 valence electrons. The minimum atomic E-state index is 0.260. The van der Waals surface area contributed by atoms with Gasteiger partial charge in [0.05, 0.1) is 19.3 Å². The van der Waals surface area contributed by atoms with E-state index in [0.717, 1.165) is 32.7 Å². The number of rotatable bonds is 5. The Kier molecular flexibility index (Phi) is 5.32. The third kappa shape index (κ3) is 4.04. The molecule has 3 nitrogen and oxygen atoms in total. The van der Waals surface area contributed by atoms with Crippen LogP contribution in [0, 0.1) is 0 Å². The molecule has 1 heterocycles. The fraction of sp³-hybridized carbons (Fsp3) is 1.00. The van der Waals surface area contributed by atoms with Crippen molar-refractivity contribution in [2.45, 2.75) is 32.3 Å². The average Bonchev–Trinajstić information content (AvgIpc) is 2.14. The molecule has 0 radical (unpaired) electrons. The molecule has 0 bridgehead atoms. The molecule has 1 aliphatic heterocycles. The number of hydrogen-bond donors (Lipinski definition) is 0. The smallest absolute Gasteiger partial charge is 0.147 e. The molecule has 0 spiro atoms.